The summed E-state index contributed by atoms with van der Waals surface area (Å²) < 4.78 is 26.9. The highest BCUT2D eigenvalue weighted by Gasteiger charge is 2.23. The van der Waals surface area contributed by atoms with Crippen molar-refractivity contribution < 1.29 is 18.4 Å². The van der Waals surface area contributed by atoms with Crippen LogP contribution >= 0.6 is 15.9 Å². The van der Waals surface area contributed by atoms with E-state index in [2.05, 4.69) is 21.2 Å². The van der Waals surface area contributed by atoms with E-state index in [0.717, 1.165) is 0 Å². The van der Waals surface area contributed by atoms with E-state index in [4.69, 9.17) is 0 Å². The summed E-state index contributed by atoms with van der Waals surface area (Å²) in [6.07, 6.45) is 0.643. The highest BCUT2D eigenvalue weighted by atomic mass is 79.9. The van der Waals surface area contributed by atoms with E-state index >= 15 is 0 Å². The third-order valence-electron chi connectivity index (χ3n) is 4.62. The van der Waals surface area contributed by atoms with E-state index in [-0.39, 0.29) is 30.1 Å². The van der Waals surface area contributed by atoms with Gasteiger partial charge in [-0.05, 0) is 58.2 Å². The number of hydrogen-bond acceptors (Lipinski definition) is 2. The molecule has 0 bridgehead atoms. The Morgan fingerprint density at radius 2 is 1.64 bits per heavy atom. The topological polar surface area (TPSA) is 52.7 Å². The molecule has 0 atom stereocenters. The van der Waals surface area contributed by atoms with Crippen LogP contribution in [0.2, 0.25) is 0 Å². The van der Waals surface area contributed by atoms with Gasteiger partial charge in [0.2, 0.25) is 0 Å². The molecule has 0 saturated carbocycles. The van der Waals surface area contributed by atoms with Crippen LogP contribution in [-0.4, -0.2) is 47.9 Å². The van der Waals surface area contributed by atoms with E-state index < -0.39 is 0 Å². The summed E-state index contributed by atoms with van der Waals surface area (Å²) in [4.78, 5) is 28.3. The second kappa shape index (κ2) is 9.14. The zero-order valence-electron chi connectivity index (χ0n) is 15.1. The van der Waals surface area contributed by atoms with Gasteiger partial charge < -0.3 is 15.1 Å². The average Bonchev–Trinajstić information content (AvgIpc) is 2.95. The standard InChI is InChI=1S/C20H20BrF2N3O2/c21-18-15(3-1-4-17(18)23)13-24-20(28)26-10-2-9-25(11-12-26)19(27)14-5-7-16(22)8-6-14/h1,3-8H,2,9-13H2,(H,24,28). The van der Waals surface area contributed by atoms with Crippen LogP contribution in [0.1, 0.15) is 22.3 Å². The molecule has 8 heteroatoms. The van der Waals surface area contributed by atoms with Crippen molar-refractivity contribution in [3.05, 3.63) is 69.7 Å². The lowest BCUT2D eigenvalue weighted by atomic mass is 10.2. The van der Waals surface area contributed by atoms with Gasteiger partial charge in [0.25, 0.3) is 5.91 Å². The first-order valence-electron chi connectivity index (χ1n) is 8.96. The van der Waals surface area contributed by atoms with Gasteiger partial charge in [-0.1, -0.05) is 12.1 Å². The van der Waals surface area contributed by atoms with Gasteiger partial charge in [0.15, 0.2) is 0 Å². The number of benzene rings is 2. The van der Waals surface area contributed by atoms with Crippen LogP contribution in [0.4, 0.5) is 13.6 Å². The molecule has 1 saturated heterocycles. The Labute approximate surface area is 170 Å². The molecule has 1 aliphatic rings. The molecule has 3 amide bonds. The van der Waals surface area contributed by atoms with Crippen LogP contribution in [0.15, 0.2) is 46.9 Å². The summed E-state index contributed by atoms with van der Waals surface area (Å²) in [5, 5.41) is 2.79. The fraction of sp³-hybridized carbons (Fsp3) is 0.300. The van der Waals surface area contributed by atoms with Gasteiger partial charge in [-0.2, -0.15) is 0 Å². The van der Waals surface area contributed by atoms with Crippen molar-refractivity contribution in [2.24, 2.45) is 0 Å². The Morgan fingerprint density at radius 3 is 2.39 bits per heavy atom. The molecular formula is C20H20BrF2N3O2. The first-order valence-corrected chi connectivity index (χ1v) is 9.75. The van der Waals surface area contributed by atoms with Crippen LogP contribution in [0.5, 0.6) is 0 Å². The number of urea groups is 1. The zero-order valence-corrected chi connectivity index (χ0v) is 16.7. The van der Waals surface area contributed by atoms with E-state index in [1.54, 1.807) is 21.9 Å². The predicted molar refractivity (Wildman–Crippen MR) is 105 cm³/mol. The van der Waals surface area contributed by atoms with Gasteiger partial charge in [-0.25, -0.2) is 13.6 Å². The summed E-state index contributed by atoms with van der Waals surface area (Å²) >= 11 is 3.18. The van der Waals surface area contributed by atoms with Crippen molar-refractivity contribution in [1.82, 2.24) is 15.1 Å². The van der Waals surface area contributed by atoms with E-state index in [0.29, 0.717) is 48.2 Å². The van der Waals surface area contributed by atoms with Gasteiger partial charge in [0.05, 0.1) is 4.47 Å². The highest BCUT2D eigenvalue weighted by molar-refractivity contribution is 9.10. The van der Waals surface area contributed by atoms with Crippen molar-refractivity contribution in [2.75, 3.05) is 26.2 Å². The minimum atomic E-state index is -0.389. The minimum absolute atomic E-state index is 0.175. The lowest BCUT2D eigenvalue weighted by Crippen LogP contribution is -2.42. The smallest absolute Gasteiger partial charge is 0.317 e. The molecule has 2 aromatic carbocycles. The number of amides is 3. The molecular weight excluding hydrogens is 432 g/mol. The Bertz CT molecular complexity index is 861. The van der Waals surface area contributed by atoms with Crippen LogP contribution in [0, 0.1) is 11.6 Å². The van der Waals surface area contributed by atoms with Crippen LogP contribution < -0.4 is 5.32 Å². The number of halogens is 3. The highest BCUT2D eigenvalue weighted by Crippen LogP contribution is 2.20. The van der Waals surface area contributed by atoms with E-state index in [1.165, 1.54) is 30.3 Å². The zero-order chi connectivity index (χ0) is 20.1. The van der Waals surface area contributed by atoms with Gasteiger partial charge in [0, 0.05) is 38.3 Å². The molecule has 1 heterocycles. The van der Waals surface area contributed by atoms with Crippen molar-refractivity contribution in [2.45, 2.75) is 13.0 Å². The van der Waals surface area contributed by atoms with Crippen LogP contribution in [0.3, 0.4) is 0 Å². The molecule has 0 aliphatic carbocycles. The maximum absolute atomic E-state index is 13.6. The third-order valence-corrected chi connectivity index (χ3v) is 5.51. The van der Waals surface area contributed by atoms with Crippen molar-refractivity contribution in [3.8, 4) is 0 Å². The molecule has 1 fully saturated rings. The minimum Gasteiger partial charge on any atom is -0.337 e. The summed E-state index contributed by atoms with van der Waals surface area (Å²) in [6, 6.07) is 9.85. The first kappa shape index (κ1) is 20.3. The Hall–Kier alpha value is -2.48. The van der Waals surface area contributed by atoms with Crippen LogP contribution in [-0.2, 0) is 6.54 Å². The maximum Gasteiger partial charge on any atom is 0.317 e. The molecule has 0 radical (unpaired) electrons. The third kappa shape index (κ3) is 4.86. The SMILES string of the molecule is O=C(NCc1cccc(F)c1Br)N1CCCN(C(=O)c2ccc(F)cc2)CC1. The molecule has 1 aliphatic heterocycles. The number of nitrogens with one attached hydrogen (secondary N) is 1. The van der Waals surface area contributed by atoms with Gasteiger partial charge in [-0.15, -0.1) is 0 Å². The molecule has 1 N–H and O–H groups in total. The number of carbonyl (C=O) groups excluding carboxylic acids is 2. The number of carbonyl (C=O) groups is 2. The summed E-state index contributed by atoms with van der Waals surface area (Å²) in [5.41, 5.74) is 1.08. The van der Waals surface area contributed by atoms with Gasteiger partial charge in [-0.3, -0.25) is 4.79 Å². The van der Waals surface area contributed by atoms with E-state index in [1.807, 2.05) is 0 Å². The second-order valence-electron chi connectivity index (χ2n) is 6.51. The Morgan fingerprint density at radius 1 is 0.964 bits per heavy atom. The molecule has 28 heavy (non-hydrogen) atoms. The number of nitrogens with zero attached hydrogens (tertiary/aromatic N) is 2. The number of hydrogen-bond donors (Lipinski definition) is 1. The molecule has 0 spiro atoms. The maximum atomic E-state index is 13.6. The summed E-state index contributed by atoms with van der Waals surface area (Å²) in [6.45, 7) is 2.03. The van der Waals surface area contributed by atoms with Crippen molar-refractivity contribution >= 4 is 27.9 Å². The van der Waals surface area contributed by atoms with Gasteiger partial charge >= 0.3 is 6.03 Å². The molecule has 0 unspecified atom stereocenters. The fourth-order valence-electron chi connectivity index (χ4n) is 3.07. The normalized spacial score (nSPS) is 14.5. The molecule has 148 valence electrons. The first-order chi connectivity index (χ1) is 13.5. The second-order valence-corrected chi connectivity index (χ2v) is 7.30. The molecule has 2 aromatic rings. The van der Waals surface area contributed by atoms with E-state index in [9.17, 15) is 18.4 Å². The van der Waals surface area contributed by atoms with Crippen molar-refractivity contribution in [1.29, 1.82) is 0 Å². The van der Waals surface area contributed by atoms with Gasteiger partial charge in [0.1, 0.15) is 11.6 Å². The lowest BCUT2D eigenvalue weighted by molar-refractivity contribution is 0.0762. The van der Waals surface area contributed by atoms with Crippen molar-refractivity contribution in [3.63, 3.8) is 0 Å². The monoisotopic (exact) mass is 451 g/mol. The molecule has 3 rings (SSSR count). The largest absolute Gasteiger partial charge is 0.337 e. The number of rotatable bonds is 3. The quantitative estimate of drug-likeness (QED) is 0.771. The fourth-order valence-corrected chi connectivity index (χ4v) is 3.47. The van der Waals surface area contributed by atoms with Crippen LogP contribution in [0.25, 0.3) is 0 Å². The molecule has 0 aromatic heterocycles. The average molecular weight is 452 g/mol. The summed E-state index contributed by atoms with van der Waals surface area (Å²) in [5.74, 6) is -0.942. The predicted octanol–water partition coefficient (Wildman–Crippen LogP) is 3.79. The Balaban J connectivity index is 1.55. The summed E-state index contributed by atoms with van der Waals surface area (Å²) in [7, 11) is 0. The molecule has 5 nitrogen and oxygen atoms in total. The lowest BCUT2D eigenvalue weighted by Gasteiger charge is -2.22. The Kier molecular flexibility index (Phi) is 6.61.